The van der Waals surface area contributed by atoms with Crippen molar-refractivity contribution in [3.63, 3.8) is 0 Å². The molecule has 134 valence electrons. The van der Waals surface area contributed by atoms with Crippen molar-refractivity contribution >= 4 is 28.7 Å². The van der Waals surface area contributed by atoms with Crippen LogP contribution in [0, 0.1) is 11.2 Å². The topological polar surface area (TPSA) is 92.7 Å². The smallest absolute Gasteiger partial charge is 0.310 e. The molecule has 0 saturated carbocycles. The lowest BCUT2D eigenvalue weighted by Crippen LogP contribution is -2.42. The Morgan fingerprint density at radius 3 is 2.38 bits per heavy atom. The lowest BCUT2D eigenvalue weighted by Gasteiger charge is -2.16. The van der Waals surface area contributed by atoms with Gasteiger partial charge in [0.15, 0.2) is 11.2 Å². The van der Waals surface area contributed by atoms with Crippen LogP contribution in [0.4, 0.5) is 10.3 Å². The Labute approximate surface area is 149 Å². The molecular weight excluding hydrogens is 335 g/mol. The summed E-state index contributed by atoms with van der Waals surface area (Å²) in [5.74, 6) is -1.53. The number of hydrogen-bond donors (Lipinski definition) is 2. The Balaban J connectivity index is 2.00. The zero-order valence-corrected chi connectivity index (χ0v) is 14.8. The SMILES string of the molecule is CC(C)(C)C[n+]1c(N)[nH]c2ccc(C(=O)C(=O)c3ccc(F)cc3)nc21. The number of rotatable bonds is 4. The van der Waals surface area contributed by atoms with Gasteiger partial charge in [-0.2, -0.15) is 0 Å². The number of aromatic amines is 1. The largest absolute Gasteiger partial charge is 0.312 e. The maximum Gasteiger partial charge on any atom is 0.312 e. The molecule has 3 N–H and O–H groups in total. The molecule has 0 fully saturated rings. The first-order valence-electron chi connectivity index (χ1n) is 8.18. The van der Waals surface area contributed by atoms with Crippen molar-refractivity contribution in [3.05, 3.63) is 53.5 Å². The number of hydrogen-bond acceptors (Lipinski definition) is 4. The molecule has 1 aromatic carbocycles. The highest BCUT2D eigenvalue weighted by Gasteiger charge is 2.26. The van der Waals surface area contributed by atoms with Gasteiger partial charge in [-0.3, -0.25) is 14.6 Å². The molecule has 2 heterocycles. The third-order valence-electron chi connectivity index (χ3n) is 3.86. The molecule has 26 heavy (non-hydrogen) atoms. The van der Waals surface area contributed by atoms with Gasteiger partial charge in [0.25, 0.3) is 11.4 Å². The second-order valence-electron chi connectivity index (χ2n) is 7.39. The summed E-state index contributed by atoms with van der Waals surface area (Å²) >= 11 is 0. The highest BCUT2D eigenvalue weighted by molar-refractivity contribution is 6.48. The second kappa shape index (κ2) is 6.33. The summed E-state index contributed by atoms with van der Waals surface area (Å²) in [5.41, 5.74) is 7.31. The minimum atomic E-state index is -0.749. The van der Waals surface area contributed by atoms with E-state index in [-0.39, 0.29) is 16.7 Å². The van der Waals surface area contributed by atoms with E-state index in [0.717, 1.165) is 12.1 Å². The average Bonchev–Trinajstić information content (AvgIpc) is 2.88. The van der Waals surface area contributed by atoms with Crippen LogP contribution in [0.15, 0.2) is 36.4 Å². The Kier molecular flexibility index (Phi) is 4.31. The molecule has 0 bridgehead atoms. The molecule has 7 heteroatoms. The van der Waals surface area contributed by atoms with E-state index in [0.29, 0.717) is 23.7 Å². The van der Waals surface area contributed by atoms with E-state index in [2.05, 4.69) is 30.7 Å². The van der Waals surface area contributed by atoms with Crippen molar-refractivity contribution in [2.45, 2.75) is 27.3 Å². The Morgan fingerprint density at radius 1 is 1.12 bits per heavy atom. The summed E-state index contributed by atoms with van der Waals surface area (Å²) in [6, 6.07) is 7.99. The molecule has 0 unspecified atom stereocenters. The van der Waals surface area contributed by atoms with Crippen LogP contribution < -0.4 is 10.3 Å². The predicted molar refractivity (Wildman–Crippen MR) is 95.2 cm³/mol. The van der Waals surface area contributed by atoms with Gasteiger partial charge in [-0.15, -0.1) is 4.98 Å². The zero-order chi connectivity index (χ0) is 19.1. The van der Waals surface area contributed by atoms with Gasteiger partial charge >= 0.3 is 5.95 Å². The number of nitrogens with one attached hydrogen (secondary N) is 1. The summed E-state index contributed by atoms with van der Waals surface area (Å²) < 4.78 is 14.8. The number of nitrogens with zero attached hydrogens (tertiary/aromatic N) is 2. The Morgan fingerprint density at radius 2 is 1.77 bits per heavy atom. The van der Waals surface area contributed by atoms with E-state index in [9.17, 15) is 14.0 Å². The van der Waals surface area contributed by atoms with Gasteiger partial charge in [0.05, 0.1) is 6.54 Å². The van der Waals surface area contributed by atoms with Crippen LogP contribution in [0.3, 0.4) is 0 Å². The fraction of sp³-hybridized carbons (Fsp3) is 0.263. The molecule has 0 saturated heterocycles. The number of halogens is 1. The van der Waals surface area contributed by atoms with Crippen LogP contribution in [0.25, 0.3) is 11.2 Å². The third kappa shape index (κ3) is 3.46. The summed E-state index contributed by atoms with van der Waals surface area (Å²) in [6.07, 6.45) is 0. The summed E-state index contributed by atoms with van der Waals surface area (Å²) in [5, 5.41) is 0. The van der Waals surface area contributed by atoms with Crippen molar-refractivity contribution in [2.24, 2.45) is 5.41 Å². The number of carbonyl (C=O) groups is 2. The van der Waals surface area contributed by atoms with E-state index >= 15 is 0 Å². The van der Waals surface area contributed by atoms with E-state index < -0.39 is 17.4 Å². The molecule has 0 aliphatic carbocycles. The van der Waals surface area contributed by atoms with Crippen LogP contribution in [0.1, 0.15) is 41.6 Å². The molecule has 3 rings (SSSR count). The van der Waals surface area contributed by atoms with Crippen LogP contribution in [0.5, 0.6) is 0 Å². The number of pyridine rings is 1. The number of H-pyrrole nitrogens is 1. The lowest BCUT2D eigenvalue weighted by molar-refractivity contribution is -0.670. The van der Waals surface area contributed by atoms with Gasteiger partial charge < -0.3 is 5.73 Å². The maximum absolute atomic E-state index is 13.0. The van der Waals surface area contributed by atoms with E-state index in [1.54, 1.807) is 10.6 Å². The number of ketones is 2. The van der Waals surface area contributed by atoms with Crippen LogP contribution >= 0.6 is 0 Å². The van der Waals surface area contributed by atoms with Crippen molar-refractivity contribution in [3.8, 4) is 0 Å². The Hall–Kier alpha value is -3.09. The van der Waals surface area contributed by atoms with Gasteiger partial charge in [-0.25, -0.2) is 8.96 Å². The van der Waals surface area contributed by atoms with Gasteiger partial charge in [0, 0.05) is 5.56 Å². The minimum Gasteiger partial charge on any atom is -0.310 e. The first-order valence-corrected chi connectivity index (χ1v) is 8.18. The quantitative estimate of drug-likeness (QED) is 0.427. The number of nitrogen functional groups attached to an aromatic ring is 1. The summed E-state index contributed by atoms with van der Waals surface area (Å²) in [4.78, 5) is 32.3. The normalized spacial score (nSPS) is 11.7. The number of nitrogens with two attached hydrogens (primary N) is 1. The second-order valence-corrected chi connectivity index (χ2v) is 7.39. The number of imidazole rings is 1. The number of aromatic nitrogens is 3. The molecule has 2 aromatic heterocycles. The number of benzene rings is 1. The van der Waals surface area contributed by atoms with E-state index in [1.807, 2.05) is 0 Å². The zero-order valence-electron chi connectivity index (χ0n) is 14.8. The van der Waals surface area contributed by atoms with Gasteiger partial charge in [-0.05, 0) is 41.8 Å². The number of Topliss-reactive ketones (excluding diaryl/α,β-unsaturated/α-hetero) is 2. The molecular formula is C19H20FN4O2+. The highest BCUT2D eigenvalue weighted by atomic mass is 19.1. The molecule has 0 amide bonds. The monoisotopic (exact) mass is 355 g/mol. The van der Waals surface area contributed by atoms with Gasteiger partial charge in [-0.1, -0.05) is 20.8 Å². The van der Waals surface area contributed by atoms with E-state index in [4.69, 9.17) is 5.73 Å². The average molecular weight is 355 g/mol. The molecule has 0 radical (unpaired) electrons. The molecule has 3 aromatic rings. The van der Waals surface area contributed by atoms with E-state index in [1.165, 1.54) is 18.2 Å². The van der Waals surface area contributed by atoms with Crippen LogP contribution in [-0.4, -0.2) is 21.5 Å². The summed E-state index contributed by atoms with van der Waals surface area (Å²) in [7, 11) is 0. The molecule has 0 atom stereocenters. The molecule has 6 nitrogen and oxygen atoms in total. The predicted octanol–water partition coefficient (Wildman–Crippen LogP) is 2.68. The third-order valence-corrected chi connectivity index (χ3v) is 3.86. The maximum atomic E-state index is 13.0. The Bertz CT molecular complexity index is 1000. The van der Waals surface area contributed by atoms with Crippen molar-refractivity contribution in [2.75, 3.05) is 5.73 Å². The van der Waals surface area contributed by atoms with Gasteiger partial charge in [0.2, 0.25) is 5.78 Å². The van der Waals surface area contributed by atoms with Crippen LogP contribution in [-0.2, 0) is 6.54 Å². The van der Waals surface area contributed by atoms with Crippen LogP contribution in [0.2, 0.25) is 0 Å². The number of fused-ring (bicyclic) bond motifs is 1. The molecule has 0 spiro atoms. The first kappa shape index (κ1) is 17.7. The first-order chi connectivity index (χ1) is 12.2. The molecule has 0 aliphatic rings. The highest BCUT2D eigenvalue weighted by Crippen LogP contribution is 2.17. The number of anilines is 1. The van der Waals surface area contributed by atoms with Crippen molar-refractivity contribution < 1.29 is 18.5 Å². The fourth-order valence-corrected chi connectivity index (χ4v) is 2.68. The fourth-order valence-electron chi connectivity index (χ4n) is 2.68. The number of carbonyl (C=O) groups excluding carboxylic acids is 2. The van der Waals surface area contributed by atoms with Crippen molar-refractivity contribution in [1.82, 2.24) is 9.97 Å². The molecule has 0 aliphatic heterocycles. The lowest BCUT2D eigenvalue weighted by atomic mass is 9.97. The standard InChI is InChI=1S/C19H19FN4O2/c1-19(2,3)10-24-17-14(23-18(24)21)9-8-13(22-17)16(26)15(25)11-4-6-12(20)7-5-11/h4-9H,10H2,1-3H3,(H2,21,23,26)/p+1. The van der Waals surface area contributed by atoms with Gasteiger partial charge in [0.1, 0.15) is 5.82 Å². The summed E-state index contributed by atoms with van der Waals surface area (Å²) in [6.45, 7) is 6.78. The van der Waals surface area contributed by atoms with Crippen molar-refractivity contribution in [1.29, 1.82) is 0 Å². The minimum absolute atomic E-state index is 0.0217.